The number of allylic oxidation sites excluding steroid dienone is 2. The van der Waals surface area contributed by atoms with Crippen molar-refractivity contribution in [2.45, 2.75) is 203 Å². The van der Waals surface area contributed by atoms with Gasteiger partial charge in [0.2, 0.25) is 0 Å². The molecule has 6 aliphatic carbocycles. The molecule has 17 rings (SSSR count). The SMILES string of the molecule is C.CC1(C)O[C@@H]2[C@@H](CO)C[C@@H](Nc3ccnc4cc(-c5cccc(C6=CCCC6)c5)nn34)[C@@H]2O1.CC1(C)O[C@@H]2[C@@H](CO)C[C@@H](Nc3ccnc4cc(-c5cccc(C6CCCC6)c5)nn34)[C@@H]2O1.NS(=O)(=O)OC[C@H]1C[C@@H](Nc2ccnc3cc(-c4cccc(C5CCCC5)c4)nn23)[C@H](O)[C@@H]1O.O.O.[Pd]. The van der Waals surface area contributed by atoms with Crippen LogP contribution in [0.3, 0.4) is 0 Å². The van der Waals surface area contributed by atoms with E-state index in [0.717, 1.165) is 76.0 Å². The molecule has 2 aliphatic heterocycles. The molecule has 104 heavy (non-hydrogen) atoms. The monoisotopic (exact) mass is 1540 g/mol. The van der Waals surface area contributed by atoms with E-state index >= 15 is 0 Å². The van der Waals surface area contributed by atoms with E-state index < -0.39 is 46.0 Å². The third kappa shape index (κ3) is 16.7. The maximum absolute atomic E-state index is 11.1. The Labute approximate surface area is 620 Å². The van der Waals surface area contributed by atoms with Crippen LogP contribution in [0.15, 0.2) is 134 Å². The normalized spacial score (nSPS) is 26.6. The summed E-state index contributed by atoms with van der Waals surface area (Å²) in [5.74, 6) is 1.84. The number of hydrogen-bond acceptors (Lipinski definition) is 20. The number of aliphatic hydroxyl groups excluding tert-OH is 4. The Hall–Kier alpha value is -7.21. The van der Waals surface area contributed by atoms with Gasteiger partial charge in [0.15, 0.2) is 28.5 Å². The summed E-state index contributed by atoms with van der Waals surface area (Å²) >= 11 is 0. The van der Waals surface area contributed by atoms with Gasteiger partial charge in [0.25, 0.3) is 0 Å². The Morgan fingerprint density at radius 1 is 0.529 bits per heavy atom. The molecule has 8 aliphatic rings. The van der Waals surface area contributed by atoms with Crippen molar-refractivity contribution in [2.75, 3.05) is 35.8 Å². The summed E-state index contributed by atoms with van der Waals surface area (Å²) < 4.78 is 56.8. The van der Waals surface area contributed by atoms with E-state index in [4.69, 9.17) is 39.4 Å². The van der Waals surface area contributed by atoms with Crippen LogP contribution in [-0.2, 0) is 53.9 Å². The molecule has 0 spiro atoms. The van der Waals surface area contributed by atoms with E-state index in [1.807, 2.05) is 79.3 Å². The number of fused-ring (bicyclic) bond motifs is 5. The van der Waals surface area contributed by atoms with E-state index in [1.54, 1.807) is 23.0 Å². The average molecular weight is 1540 g/mol. The van der Waals surface area contributed by atoms with E-state index in [-0.39, 0.29) is 107 Å². The van der Waals surface area contributed by atoms with E-state index in [0.29, 0.717) is 29.7 Å². The number of benzene rings is 3. The molecule has 12 atom stereocenters. The molecular formula is C76H99N13O13PdS. The van der Waals surface area contributed by atoms with Crippen LogP contribution in [0.4, 0.5) is 17.5 Å². The van der Waals surface area contributed by atoms with Gasteiger partial charge >= 0.3 is 10.3 Å². The first-order valence-corrected chi connectivity index (χ1v) is 37.1. The van der Waals surface area contributed by atoms with Gasteiger partial charge in [-0.1, -0.05) is 93.8 Å². The molecule has 0 radical (unpaired) electrons. The van der Waals surface area contributed by atoms with Crippen LogP contribution in [0.25, 0.3) is 56.3 Å². The first kappa shape index (κ1) is 77.9. The molecule has 562 valence electrons. The number of anilines is 3. The van der Waals surface area contributed by atoms with Crippen molar-refractivity contribution in [3.63, 3.8) is 0 Å². The first-order chi connectivity index (χ1) is 48.3. The number of rotatable bonds is 17. The molecule has 28 heteroatoms. The molecule has 6 aromatic heterocycles. The molecule has 7 fully saturated rings. The smallest absolute Gasteiger partial charge is 0.333 e. The minimum atomic E-state index is -4.13. The predicted octanol–water partition coefficient (Wildman–Crippen LogP) is 9.42. The number of nitrogens with zero attached hydrogens (tertiary/aromatic N) is 9. The third-order valence-electron chi connectivity index (χ3n) is 21.5. The molecule has 3 aromatic carbocycles. The van der Waals surface area contributed by atoms with Gasteiger partial charge < -0.3 is 66.3 Å². The standard InChI is InChI=1S/C26H32N4O3.C26H30N4O3.C23H29N5O5S.CH4.2H2O.Pd/c2*1-26(2)32-24-19(15-31)13-21(25(24)33-26)28-22-10-11-27-23-14-20(29-30(22)23)18-9-5-8-17(12-18)16-6-3-4-7-16;24-34(31,32)33-13-17-11-19(23(30)22(17)29)26-20-8-9-25-21-12-18(27-28(20)21)16-7-3-6-15(10-16)14-4-1-2-5-14;;;;/h5,8-12,14,16,19,21,24-25,28,31H,3-4,6-7,13,15H2,1-2H3;5-6,8-12,14,19,21,24-25,28,31H,3-4,7,13,15H2,1-2H3;3,6-10,12,14,17,19,22-23,26,29-30H,1-2,4-5,11,13H2,(H2,24,31,32);1H4;2*1H2;/t2*19-,21-,24-,25+;17-,19-,22-,23+;;;;/m111..../s1. The topological polar surface area (TPSA) is 377 Å². The van der Waals surface area contributed by atoms with Gasteiger partial charge in [0.05, 0.1) is 60.1 Å². The van der Waals surface area contributed by atoms with Crippen molar-refractivity contribution in [1.82, 2.24) is 43.8 Å². The number of nitrogens with two attached hydrogens (primary N) is 1. The first-order valence-electron chi connectivity index (χ1n) is 35.6. The molecule has 0 bridgehead atoms. The minimum absolute atomic E-state index is 0. The van der Waals surface area contributed by atoms with Crippen molar-refractivity contribution in [2.24, 2.45) is 22.9 Å². The summed E-state index contributed by atoms with van der Waals surface area (Å²) in [6, 6.07) is 37.1. The van der Waals surface area contributed by atoms with Crippen LogP contribution < -0.4 is 21.1 Å². The molecule has 5 saturated carbocycles. The Morgan fingerprint density at radius 2 is 0.923 bits per heavy atom. The van der Waals surface area contributed by atoms with E-state index in [1.165, 1.54) is 86.5 Å². The third-order valence-corrected chi connectivity index (χ3v) is 22.0. The molecule has 0 unspecified atom stereocenters. The number of nitrogens with one attached hydrogen (secondary N) is 3. The fourth-order valence-electron chi connectivity index (χ4n) is 16.7. The van der Waals surface area contributed by atoms with Crippen LogP contribution >= 0.6 is 0 Å². The summed E-state index contributed by atoms with van der Waals surface area (Å²) in [6.45, 7) is 7.59. The summed E-state index contributed by atoms with van der Waals surface area (Å²) in [5.41, 5.74) is 13.6. The van der Waals surface area contributed by atoms with Crippen molar-refractivity contribution in [3.8, 4) is 33.8 Å². The van der Waals surface area contributed by atoms with Gasteiger partial charge in [-0.3, -0.25) is 4.18 Å². The van der Waals surface area contributed by atoms with Gasteiger partial charge in [-0.25, -0.2) is 20.1 Å². The maximum atomic E-state index is 11.1. The van der Waals surface area contributed by atoms with E-state index in [9.17, 15) is 28.8 Å². The zero-order valence-corrected chi connectivity index (χ0v) is 60.6. The molecule has 26 nitrogen and oxygen atoms in total. The number of hydrogen-bond donors (Lipinski definition) is 8. The minimum Gasteiger partial charge on any atom is -0.412 e. The Bertz CT molecular complexity index is 4560. The van der Waals surface area contributed by atoms with Crippen molar-refractivity contribution in [3.05, 3.63) is 151 Å². The zero-order valence-electron chi connectivity index (χ0n) is 58.3. The van der Waals surface area contributed by atoms with Gasteiger partial charge in [-0.2, -0.15) is 37.3 Å². The van der Waals surface area contributed by atoms with Gasteiger partial charge in [-0.05, 0) is 162 Å². The molecule has 8 heterocycles. The molecule has 0 amide bonds. The average Bonchev–Trinajstić information content (AvgIpc) is 1.61. The van der Waals surface area contributed by atoms with Crippen LogP contribution in [-0.4, -0.2) is 170 Å². The Kier molecular flexibility index (Phi) is 24.3. The number of aliphatic hydroxyl groups is 4. The quantitative estimate of drug-likeness (QED) is 0.0393. The van der Waals surface area contributed by atoms with Gasteiger partial charge in [0.1, 0.15) is 35.8 Å². The molecule has 9 aromatic rings. The molecular weight excluding hydrogens is 1440 g/mol. The second-order valence-electron chi connectivity index (χ2n) is 29.3. The zero-order chi connectivity index (χ0) is 69.0. The van der Waals surface area contributed by atoms with Crippen LogP contribution in [0.2, 0.25) is 0 Å². The van der Waals surface area contributed by atoms with Crippen molar-refractivity contribution >= 4 is 50.3 Å². The fourth-order valence-corrected chi connectivity index (χ4v) is 17.0. The molecule has 13 N–H and O–H groups in total. The van der Waals surface area contributed by atoms with Crippen molar-refractivity contribution < 1.29 is 83.3 Å². The van der Waals surface area contributed by atoms with Crippen LogP contribution in [0.1, 0.15) is 154 Å². The number of aromatic nitrogens is 9. The van der Waals surface area contributed by atoms with E-state index in [2.05, 4.69) is 108 Å². The van der Waals surface area contributed by atoms with Crippen LogP contribution in [0.5, 0.6) is 0 Å². The molecule has 2 saturated heterocycles. The maximum Gasteiger partial charge on any atom is 0.333 e. The predicted molar refractivity (Wildman–Crippen MR) is 393 cm³/mol. The Morgan fingerprint density at radius 3 is 1.34 bits per heavy atom. The fraction of sp³-hybridized carbons (Fsp3) is 0.500. The second-order valence-corrected chi connectivity index (χ2v) is 30.5. The van der Waals surface area contributed by atoms with Gasteiger partial charge in [-0.15, -0.1) is 0 Å². The Balaban J connectivity index is 0.000000153. The largest absolute Gasteiger partial charge is 0.412 e. The summed E-state index contributed by atoms with van der Waals surface area (Å²) in [4.78, 5) is 13.5. The second kappa shape index (κ2) is 32.5. The summed E-state index contributed by atoms with van der Waals surface area (Å²) in [5, 5.41) is 70.5. The van der Waals surface area contributed by atoms with Gasteiger partial charge in [0, 0.05) is 105 Å². The van der Waals surface area contributed by atoms with Crippen molar-refractivity contribution in [1.29, 1.82) is 0 Å². The van der Waals surface area contributed by atoms with Crippen LogP contribution in [0, 0.1) is 17.8 Å². The number of ether oxygens (including phenoxy) is 4. The summed E-state index contributed by atoms with van der Waals surface area (Å²) in [6.07, 6.45) is 20.5. The summed E-state index contributed by atoms with van der Waals surface area (Å²) in [7, 11) is -4.13.